The van der Waals surface area contributed by atoms with Crippen LogP contribution in [-0.4, -0.2) is 33.8 Å². The lowest BCUT2D eigenvalue weighted by Gasteiger charge is -2.38. The van der Waals surface area contributed by atoms with Gasteiger partial charge in [-0.25, -0.2) is 4.98 Å². The van der Waals surface area contributed by atoms with E-state index >= 15 is 0 Å². The Labute approximate surface area is 195 Å². The van der Waals surface area contributed by atoms with Crippen molar-refractivity contribution in [2.24, 2.45) is 0 Å². The van der Waals surface area contributed by atoms with Gasteiger partial charge in [0.25, 0.3) is 5.91 Å². The van der Waals surface area contributed by atoms with E-state index in [0.717, 1.165) is 42.4 Å². The molecular weight excluding hydrogens is 414 g/mol. The topological polar surface area (TPSA) is 75.4 Å². The first kappa shape index (κ1) is 22.8. The van der Waals surface area contributed by atoms with E-state index in [9.17, 15) is 9.59 Å². The molecule has 1 aromatic heterocycles. The van der Waals surface area contributed by atoms with Gasteiger partial charge in [0.2, 0.25) is 11.8 Å². The van der Waals surface area contributed by atoms with E-state index in [1.54, 1.807) is 0 Å². The fourth-order valence-electron chi connectivity index (χ4n) is 4.42. The van der Waals surface area contributed by atoms with Crippen molar-refractivity contribution < 1.29 is 14.0 Å². The second-order valence-electron chi connectivity index (χ2n) is 8.84. The number of aryl methyl sites for hydroxylation is 1. The summed E-state index contributed by atoms with van der Waals surface area (Å²) in [5, 5.41) is 2.96. The Hall–Kier alpha value is -3.41. The number of nitrogens with one attached hydrogen (secondary N) is 1. The van der Waals surface area contributed by atoms with Crippen molar-refractivity contribution in [3.63, 3.8) is 0 Å². The van der Waals surface area contributed by atoms with Crippen molar-refractivity contribution in [3.05, 3.63) is 77.7 Å². The Balaban J connectivity index is 1.31. The number of benzene rings is 2. The third-order valence-corrected chi connectivity index (χ3v) is 6.33. The lowest BCUT2D eigenvalue weighted by atomic mass is 9.97. The van der Waals surface area contributed by atoms with Crippen molar-refractivity contribution in [2.75, 3.05) is 0 Å². The van der Waals surface area contributed by atoms with E-state index < -0.39 is 0 Å². The molecule has 0 aliphatic carbocycles. The molecule has 1 aliphatic rings. The normalized spacial score (nSPS) is 18.2. The van der Waals surface area contributed by atoms with Crippen LogP contribution >= 0.6 is 0 Å². The summed E-state index contributed by atoms with van der Waals surface area (Å²) in [6.07, 6.45) is 5.83. The smallest absolute Gasteiger partial charge is 0.276 e. The first-order valence-electron chi connectivity index (χ1n) is 11.7. The first-order valence-corrected chi connectivity index (χ1v) is 11.7. The van der Waals surface area contributed by atoms with E-state index in [2.05, 4.69) is 24.1 Å². The number of aromatic nitrogens is 1. The Morgan fingerprint density at radius 3 is 2.39 bits per heavy atom. The number of oxazole rings is 1. The van der Waals surface area contributed by atoms with Crippen molar-refractivity contribution in [1.29, 1.82) is 0 Å². The highest BCUT2D eigenvalue weighted by Gasteiger charge is 2.31. The molecule has 2 unspecified atom stereocenters. The summed E-state index contributed by atoms with van der Waals surface area (Å²) < 4.78 is 5.62. The second-order valence-corrected chi connectivity index (χ2v) is 8.84. The average Bonchev–Trinajstić information content (AvgIpc) is 3.33. The minimum Gasteiger partial charge on any atom is -0.444 e. The quantitative estimate of drug-likeness (QED) is 0.556. The molecule has 6 nitrogen and oxygen atoms in total. The summed E-state index contributed by atoms with van der Waals surface area (Å²) in [5.74, 6) is 0.383. The number of carbonyl (C=O) groups is 2. The summed E-state index contributed by atoms with van der Waals surface area (Å²) in [5.41, 5.74) is 3.30. The Morgan fingerprint density at radius 2 is 1.70 bits per heavy atom. The molecule has 0 bridgehead atoms. The van der Waals surface area contributed by atoms with Crippen LogP contribution in [0.5, 0.6) is 0 Å². The van der Waals surface area contributed by atoms with Crippen molar-refractivity contribution in [1.82, 2.24) is 15.2 Å². The summed E-state index contributed by atoms with van der Waals surface area (Å²) in [4.78, 5) is 31.5. The van der Waals surface area contributed by atoms with Crippen LogP contribution < -0.4 is 5.32 Å². The van der Waals surface area contributed by atoms with Crippen molar-refractivity contribution in [3.8, 4) is 11.5 Å². The van der Waals surface area contributed by atoms with E-state index in [-0.39, 0.29) is 23.9 Å². The van der Waals surface area contributed by atoms with Crippen LogP contribution in [-0.2, 0) is 17.8 Å². The van der Waals surface area contributed by atoms with Gasteiger partial charge in [0, 0.05) is 30.6 Å². The predicted octanol–water partition coefficient (Wildman–Crippen LogP) is 4.99. The number of carbonyl (C=O) groups excluding carboxylic acids is 2. The third-order valence-electron chi connectivity index (χ3n) is 6.33. The van der Waals surface area contributed by atoms with Gasteiger partial charge in [-0.3, -0.25) is 9.59 Å². The molecular formula is C27H31N3O3. The minimum absolute atomic E-state index is 0.0277. The summed E-state index contributed by atoms with van der Waals surface area (Å²) in [6.45, 7) is 4.65. The summed E-state index contributed by atoms with van der Waals surface area (Å²) in [6, 6.07) is 18.1. The van der Waals surface area contributed by atoms with Gasteiger partial charge in [-0.1, -0.05) is 42.5 Å². The molecule has 1 saturated heterocycles. The molecule has 172 valence electrons. The van der Waals surface area contributed by atoms with Crippen LogP contribution in [0.3, 0.4) is 0 Å². The number of hydrogen-bond donors (Lipinski definition) is 1. The lowest BCUT2D eigenvalue weighted by Crippen LogP contribution is -2.47. The Kier molecular flexibility index (Phi) is 7.23. The van der Waals surface area contributed by atoms with Crippen LogP contribution in [0.15, 0.2) is 65.3 Å². The molecule has 0 saturated carbocycles. The number of likely N-dealkylation sites (tertiary alicyclic amines) is 1. The zero-order valence-corrected chi connectivity index (χ0v) is 19.3. The molecule has 0 radical (unpaired) electrons. The van der Waals surface area contributed by atoms with Crippen molar-refractivity contribution >= 4 is 11.8 Å². The molecule has 2 heterocycles. The maximum Gasteiger partial charge on any atom is 0.276 e. The van der Waals surface area contributed by atoms with Crippen LogP contribution in [0, 0.1) is 0 Å². The van der Waals surface area contributed by atoms with E-state index in [1.807, 2.05) is 59.5 Å². The van der Waals surface area contributed by atoms with Gasteiger partial charge in [-0.15, -0.1) is 0 Å². The molecule has 2 atom stereocenters. The maximum atomic E-state index is 13.0. The zero-order chi connectivity index (χ0) is 23.2. The van der Waals surface area contributed by atoms with Gasteiger partial charge in [0.1, 0.15) is 6.26 Å². The van der Waals surface area contributed by atoms with Crippen LogP contribution in [0.1, 0.15) is 61.1 Å². The Morgan fingerprint density at radius 1 is 1.00 bits per heavy atom. The fraction of sp³-hybridized carbons (Fsp3) is 0.370. The predicted molar refractivity (Wildman–Crippen MR) is 127 cm³/mol. The number of hydrogen-bond acceptors (Lipinski definition) is 4. The molecule has 33 heavy (non-hydrogen) atoms. The van der Waals surface area contributed by atoms with Gasteiger partial charge in [0.05, 0.1) is 0 Å². The largest absolute Gasteiger partial charge is 0.444 e. The number of nitrogens with zero attached hydrogens (tertiary/aromatic N) is 2. The highest BCUT2D eigenvalue weighted by Crippen LogP contribution is 2.26. The van der Waals surface area contributed by atoms with Gasteiger partial charge >= 0.3 is 0 Å². The highest BCUT2D eigenvalue weighted by molar-refractivity contribution is 5.93. The molecule has 4 rings (SSSR count). The van der Waals surface area contributed by atoms with E-state index in [4.69, 9.17) is 4.42 Å². The zero-order valence-electron chi connectivity index (χ0n) is 19.3. The lowest BCUT2D eigenvalue weighted by molar-refractivity contribution is -0.121. The van der Waals surface area contributed by atoms with E-state index in [1.165, 1.54) is 6.26 Å². The molecule has 0 spiro atoms. The summed E-state index contributed by atoms with van der Waals surface area (Å²) in [7, 11) is 0. The molecule has 1 aliphatic heterocycles. The molecule has 6 heteroatoms. The van der Waals surface area contributed by atoms with Gasteiger partial charge in [0.15, 0.2) is 5.69 Å². The van der Waals surface area contributed by atoms with Gasteiger partial charge in [-0.2, -0.15) is 0 Å². The van der Waals surface area contributed by atoms with Crippen LogP contribution in [0.2, 0.25) is 0 Å². The molecule has 2 aromatic carbocycles. The van der Waals surface area contributed by atoms with Gasteiger partial charge in [-0.05, 0) is 62.8 Å². The summed E-state index contributed by atoms with van der Waals surface area (Å²) >= 11 is 0. The molecule has 1 N–H and O–H groups in total. The minimum atomic E-state index is -0.0699. The SMILES string of the molecule is CC1CCCC(C)N1C(=O)c1coc(-c2ccc(CNC(=O)CCc3ccccc3)cc2)n1. The van der Waals surface area contributed by atoms with Gasteiger partial charge < -0.3 is 14.6 Å². The number of piperidine rings is 1. The maximum absolute atomic E-state index is 13.0. The molecule has 2 amide bonds. The highest BCUT2D eigenvalue weighted by atomic mass is 16.3. The Bertz CT molecular complexity index is 1070. The average molecular weight is 446 g/mol. The second kappa shape index (κ2) is 10.5. The molecule has 1 fully saturated rings. The van der Waals surface area contributed by atoms with E-state index in [0.29, 0.717) is 24.6 Å². The molecule has 3 aromatic rings. The van der Waals surface area contributed by atoms with Crippen LogP contribution in [0.25, 0.3) is 11.5 Å². The monoisotopic (exact) mass is 445 g/mol. The standard InChI is InChI=1S/C27H31N3O3/c1-19-7-6-8-20(2)30(19)27(32)24-18-33-26(29-24)23-14-11-22(12-15-23)17-28-25(31)16-13-21-9-4-3-5-10-21/h3-5,9-12,14-15,18-20H,6-8,13,16-17H2,1-2H3,(H,28,31). The fourth-order valence-corrected chi connectivity index (χ4v) is 4.42. The third kappa shape index (κ3) is 5.69. The van der Waals surface area contributed by atoms with Crippen molar-refractivity contribution in [2.45, 2.75) is 64.6 Å². The van der Waals surface area contributed by atoms with Crippen LogP contribution in [0.4, 0.5) is 0 Å². The number of rotatable bonds is 7. The number of amides is 2. The first-order chi connectivity index (χ1) is 16.0.